The monoisotopic (exact) mass is 317 g/mol. The van der Waals surface area contributed by atoms with E-state index in [9.17, 15) is 4.79 Å². The highest BCUT2D eigenvalue weighted by Crippen LogP contribution is 2.34. The van der Waals surface area contributed by atoms with Crippen molar-refractivity contribution in [2.24, 2.45) is 0 Å². The Hall–Kier alpha value is -2.01. The molecule has 0 radical (unpaired) electrons. The number of carbonyl (C=O) groups is 1. The maximum Gasteiger partial charge on any atom is 0.265 e. The quantitative estimate of drug-likeness (QED) is 0.893. The van der Waals surface area contributed by atoms with Gasteiger partial charge in [0.1, 0.15) is 0 Å². The Morgan fingerprint density at radius 1 is 1.23 bits per heavy atom. The lowest BCUT2D eigenvalue weighted by atomic mass is 10.2. The van der Waals surface area contributed by atoms with Gasteiger partial charge in [-0.1, -0.05) is 6.07 Å². The summed E-state index contributed by atoms with van der Waals surface area (Å²) in [5, 5.41) is 4.78. The minimum Gasteiger partial charge on any atom is -0.493 e. The van der Waals surface area contributed by atoms with Crippen LogP contribution in [-0.4, -0.2) is 19.1 Å². The molecule has 2 aromatic rings. The highest BCUT2D eigenvalue weighted by Gasteiger charge is 2.19. The van der Waals surface area contributed by atoms with E-state index >= 15 is 0 Å². The highest BCUT2D eigenvalue weighted by atomic mass is 32.1. The minimum atomic E-state index is -0.105. The number of hydrogen-bond acceptors (Lipinski definition) is 4. The van der Waals surface area contributed by atoms with Crippen molar-refractivity contribution in [1.29, 1.82) is 0 Å². The molecule has 0 spiro atoms. The second-order valence-corrected chi connectivity index (χ2v) is 6.27. The molecular formula is C17H19NO3S. The molecule has 1 aliphatic carbocycles. The van der Waals surface area contributed by atoms with Crippen molar-refractivity contribution in [2.75, 3.05) is 12.4 Å². The zero-order chi connectivity index (χ0) is 15.4. The van der Waals surface area contributed by atoms with Crippen LogP contribution in [0.5, 0.6) is 11.5 Å². The number of nitrogens with one attached hydrogen (secondary N) is 1. The Labute approximate surface area is 134 Å². The van der Waals surface area contributed by atoms with Crippen molar-refractivity contribution in [1.82, 2.24) is 0 Å². The molecule has 1 aliphatic rings. The molecule has 1 N–H and O–H groups in total. The van der Waals surface area contributed by atoms with Gasteiger partial charge in [-0.2, -0.15) is 0 Å². The Morgan fingerprint density at radius 2 is 2.05 bits per heavy atom. The topological polar surface area (TPSA) is 47.6 Å². The van der Waals surface area contributed by atoms with Crippen LogP contribution >= 0.6 is 11.3 Å². The summed E-state index contributed by atoms with van der Waals surface area (Å²) in [5.41, 5.74) is 0.715. The van der Waals surface area contributed by atoms with Crippen molar-refractivity contribution >= 4 is 22.9 Å². The van der Waals surface area contributed by atoms with Crippen LogP contribution in [0.2, 0.25) is 0 Å². The fourth-order valence-corrected chi connectivity index (χ4v) is 3.25. The minimum absolute atomic E-state index is 0.105. The summed E-state index contributed by atoms with van der Waals surface area (Å²) in [6, 6.07) is 9.16. The van der Waals surface area contributed by atoms with Gasteiger partial charge in [0.05, 0.1) is 18.1 Å². The molecule has 0 atom stereocenters. The van der Waals surface area contributed by atoms with Crippen molar-refractivity contribution < 1.29 is 14.3 Å². The molecule has 1 aromatic carbocycles. The van der Waals surface area contributed by atoms with Crippen LogP contribution in [0.3, 0.4) is 0 Å². The largest absolute Gasteiger partial charge is 0.493 e. The van der Waals surface area contributed by atoms with Gasteiger partial charge >= 0.3 is 0 Å². The molecular weight excluding hydrogens is 298 g/mol. The van der Waals surface area contributed by atoms with Gasteiger partial charge < -0.3 is 14.8 Å². The van der Waals surface area contributed by atoms with Gasteiger partial charge in [0.2, 0.25) is 0 Å². The van der Waals surface area contributed by atoms with Crippen LogP contribution in [0.15, 0.2) is 35.7 Å². The summed E-state index contributed by atoms with van der Waals surface area (Å²) < 4.78 is 11.4. The zero-order valence-electron chi connectivity index (χ0n) is 12.5. The molecule has 3 rings (SSSR count). The Balaban J connectivity index is 1.75. The molecule has 0 unspecified atom stereocenters. The van der Waals surface area contributed by atoms with Crippen LogP contribution in [-0.2, 0) is 0 Å². The SMILES string of the molecule is COc1ccc(NC(=O)c2cccs2)cc1OC1CCCC1. The standard InChI is InChI=1S/C17H19NO3S/c1-20-14-9-8-12(18-17(19)16-7-4-10-22-16)11-15(14)21-13-5-2-3-6-13/h4,7-11,13H,2-3,5-6H2,1H3,(H,18,19). The smallest absolute Gasteiger partial charge is 0.265 e. The van der Waals surface area contributed by atoms with Gasteiger partial charge in [-0.3, -0.25) is 4.79 Å². The van der Waals surface area contributed by atoms with Crippen molar-refractivity contribution in [3.05, 3.63) is 40.6 Å². The lowest BCUT2D eigenvalue weighted by Gasteiger charge is -2.17. The van der Waals surface area contributed by atoms with Crippen LogP contribution in [0.25, 0.3) is 0 Å². The first-order valence-corrected chi connectivity index (χ1v) is 8.34. The number of thiophene rings is 1. The maximum atomic E-state index is 12.1. The van der Waals surface area contributed by atoms with Crippen molar-refractivity contribution in [3.63, 3.8) is 0 Å². The fourth-order valence-electron chi connectivity index (χ4n) is 2.63. The first-order valence-electron chi connectivity index (χ1n) is 7.46. The van der Waals surface area contributed by atoms with E-state index in [2.05, 4.69) is 5.32 Å². The third-order valence-corrected chi connectivity index (χ3v) is 4.63. The van der Waals surface area contributed by atoms with E-state index in [0.717, 1.165) is 12.8 Å². The molecule has 1 heterocycles. The Kier molecular flexibility index (Phi) is 4.63. The molecule has 116 valence electrons. The summed E-state index contributed by atoms with van der Waals surface area (Å²) in [6.07, 6.45) is 4.82. The van der Waals surface area contributed by atoms with E-state index in [-0.39, 0.29) is 12.0 Å². The molecule has 1 amide bonds. The molecule has 0 bridgehead atoms. The maximum absolute atomic E-state index is 12.1. The number of hydrogen-bond donors (Lipinski definition) is 1. The van der Waals surface area contributed by atoms with Crippen LogP contribution in [0.1, 0.15) is 35.4 Å². The number of amides is 1. The van der Waals surface area contributed by atoms with Gasteiger partial charge in [0.25, 0.3) is 5.91 Å². The number of methoxy groups -OCH3 is 1. The molecule has 1 saturated carbocycles. The van der Waals surface area contributed by atoms with E-state index < -0.39 is 0 Å². The summed E-state index contributed by atoms with van der Waals surface area (Å²) in [7, 11) is 1.63. The van der Waals surface area contributed by atoms with E-state index in [0.29, 0.717) is 22.1 Å². The summed E-state index contributed by atoms with van der Waals surface area (Å²) in [4.78, 5) is 12.8. The zero-order valence-corrected chi connectivity index (χ0v) is 13.3. The molecule has 4 nitrogen and oxygen atoms in total. The first-order chi connectivity index (χ1) is 10.8. The normalized spacial score (nSPS) is 14.8. The number of rotatable bonds is 5. The van der Waals surface area contributed by atoms with Crippen LogP contribution in [0, 0.1) is 0 Å². The lowest BCUT2D eigenvalue weighted by molar-refractivity contribution is 0.103. The molecule has 0 saturated heterocycles. The van der Waals surface area contributed by atoms with Crippen LogP contribution in [0.4, 0.5) is 5.69 Å². The molecule has 5 heteroatoms. The summed E-state index contributed by atoms with van der Waals surface area (Å²) in [5.74, 6) is 1.28. The van der Waals surface area contributed by atoms with E-state index in [1.807, 2.05) is 29.6 Å². The van der Waals surface area contributed by atoms with Crippen molar-refractivity contribution in [3.8, 4) is 11.5 Å². The number of anilines is 1. The summed E-state index contributed by atoms with van der Waals surface area (Å²) in [6.45, 7) is 0. The first kappa shape index (κ1) is 14.9. The van der Waals surface area contributed by atoms with E-state index in [1.165, 1.54) is 24.2 Å². The third kappa shape index (κ3) is 3.42. The fraction of sp³-hybridized carbons (Fsp3) is 0.353. The van der Waals surface area contributed by atoms with Gasteiger partial charge in [-0.25, -0.2) is 0 Å². The molecule has 0 aliphatic heterocycles. The van der Waals surface area contributed by atoms with Gasteiger partial charge in [0.15, 0.2) is 11.5 Å². The highest BCUT2D eigenvalue weighted by molar-refractivity contribution is 7.12. The summed E-state index contributed by atoms with van der Waals surface area (Å²) >= 11 is 1.42. The van der Waals surface area contributed by atoms with Gasteiger partial charge in [-0.05, 0) is 49.3 Å². The molecule has 1 fully saturated rings. The number of carbonyl (C=O) groups excluding carboxylic acids is 1. The molecule has 22 heavy (non-hydrogen) atoms. The van der Waals surface area contributed by atoms with Crippen LogP contribution < -0.4 is 14.8 Å². The Morgan fingerprint density at radius 3 is 2.73 bits per heavy atom. The average molecular weight is 317 g/mol. The van der Waals surface area contributed by atoms with Gasteiger partial charge in [0, 0.05) is 11.8 Å². The average Bonchev–Trinajstić information content (AvgIpc) is 3.21. The van der Waals surface area contributed by atoms with E-state index in [4.69, 9.17) is 9.47 Å². The molecule has 1 aromatic heterocycles. The predicted octanol–water partition coefficient (Wildman–Crippen LogP) is 4.33. The predicted molar refractivity (Wildman–Crippen MR) is 88.2 cm³/mol. The Bertz CT molecular complexity index is 633. The van der Waals surface area contributed by atoms with E-state index in [1.54, 1.807) is 13.2 Å². The number of benzene rings is 1. The third-order valence-electron chi connectivity index (χ3n) is 3.76. The second kappa shape index (κ2) is 6.83. The lowest BCUT2D eigenvalue weighted by Crippen LogP contribution is -2.13. The van der Waals surface area contributed by atoms with Gasteiger partial charge in [-0.15, -0.1) is 11.3 Å². The second-order valence-electron chi connectivity index (χ2n) is 5.32. The number of ether oxygens (including phenoxy) is 2. The van der Waals surface area contributed by atoms with Crippen molar-refractivity contribution in [2.45, 2.75) is 31.8 Å².